The zero-order valence-corrected chi connectivity index (χ0v) is 10.5. The van der Waals surface area contributed by atoms with E-state index in [1.165, 1.54) is 30.3 Å². The second kappa shape index (κ2) is 7.06. The maximum atomic E-state index is 11.4. The molecular weight excluding hydrogens is 284 g/mol. The van der Waals surface area contributed by atoms with Crippen LogP contribution >= 0.6 is 0 Å². The van der Waals surface area contributed by atoms with Gasteiger partial charge in [0, 0.05) is 6.08 Å². The van der Waals surface area contributed by atoms with E-state index in [4.69, 9.17) is 20.4 Å². The average molecular weight is 296 g/mol. The normalized spacial score (nSPS) is 13.6. The third kappa shape index (κ3) is 4.96. The van der Waals surface area contributed by atoms with Crippen LogP contribution in [0.15, 0.2) is 30.3 Å². The molecule has 0 aliphatic carbocycles. The lowest BCUT2D eigenvalue weighted by atomic mass is 10.2. The standard InChI is InChI=1S/C13H12O8/c14-8-4-1-7(2-5-8)3-6-9(15)21-11(13(19)20)10(16)12(17)18/h1-6,10-11,14,16H,(H,17,18)(H,19,20)/b6-3-/t10-,11+/m1/s1. The number of carboxylic acid groups (broad SMARTS) is 2. The summed E-state index contributed by atoms with van der Waals surface area (Å²) in [6.45, 7) is 0. The van der Waals surface area contributed by atoms with Crippen LogP contribution in [-0.2, 0) is 19.1 Å². The van der Waals surface area contributed by atoms with Gasteiger partial charge >= 0.3 is 17.9 Å². The van der Waals surface area contributed by atoms with Gasteiger partial charge in [-0.1, -0.05) is 12.1 Å². The summed E-state index contributed by atoms with van der Waals surface area (Å²) < 4.78 is 4.37. The molecule has 0 fully saturated rings. The molecule has 0 aliphatic heterocycles. The van der Waals surface area contributed by atoms with Gasteiger partial charge in [0.1, 0.15) is 5.75 Å². The number of benzene rings is 1. The van der Waals surface area contributed by atoms with Crippen LogP contribution in [0.1, 0.15) is 5.56 Å². The highest BCUT2D eigenvalue weighted by Crippen LogP contribution is 2.11. The molecule has 1 aromatic rings. The van der Waals surface area contributed by atoms with Gasteiger partial charge in [-0.25, -0.2) is 14.4 Å². The summed E-state index contributed by atoms with van der Waals surface area (Å²) in [5.41, 5.74) is 0.524. The molecule has 0 aliphatic rings. The number of phenols is 1. The highest BCUT2D eigenvalue weighted by atomic mass is 16.6. The van der Waals surface area contributed by atoms with E-state index in [0.29, 0.717) is 5.56 Å². The molecular formula is C13H12O8. The lowest BCUT2D eigenvalue weighted by Gasteiger charge is -2.15. The van der Waals surface area contributed by atoms with Crippen molar-refractivity contribution in [3.63, 3.8) is 0 Å². The van der Waals surface area contributed by atoms with Crippen molar-refractivity contribution in [3.05, 3.63) is 35.9 Å². The van der Waals surface area contributed by atoms with Gasteiger partial charge in [-0.2, -0.15) is 0 Å². The minimum absolute atomic E-state index is 0.0326. The molecule has 21 heavy (non-hydrogen) atoms. The minimum atomic E-state index is -2.37. The zero-order chi connectivity index (χ0) is 16.0. The highest BCUT2D eigenvalue weighted by molar-refractivity contribution is 5.91. The summed E-state index contributed by atoms with van der Waals surface area (Å²) in [5.74, 6) is -4.70. The second-order valence-corrected chi connectivity index (χ2v) is 3.90. The third-order valence-electron chi connectivity index (χ3n) is 2.33. The first kappa shape index (κ1) is 16.2. The molecule has 0 aromatic heterocycles. The highest BCUT2D eigenvalue weighted by Gasteiger charge is 2.35. The van der Waals surface area contributed by atoms with Crippen LogP contribution in [-0.4, -0.2) is 50.5 Å². The number of carboxylic acids is 2. The Morgan fingerprint density at radius 1 is 1.05 bits per heavy atom. The number of hydrogen-bond acceptors (Lipinski definition) is 6. The van der Waals surface area contributed by atoms with Gasteiger partial charge in [-0.15, -0.1) is 0 Å². The lowest BCUT2D eigenvalue weighted by Crippen LogP contribution is -2.42. The van der Waals surface area contributed by atoms with E-state index >= 15 is 0 Å². The van der Waals surface area contributed by atoms with Crippen LogP contribution in [0.4, 0.5) is 0 Å². The lowest BCUT2D eigenvalue weighted by molar-refractivity contribution is -0.176. The molecule has 0 unspecified atom stereocenters. The van der Waals surface area contributed by atoms with Crippen molar-refractivity contribution in [2.75, 3.05) is 0 Å². The van der Waals surface area contributed by atoms with Gasteiger partial charge in [0.15, 0.2) is 6.10 Å². The molecule has 0 saturated carbocycles. The fourth-order valence-corrected chi connectivity index (χ4v) is 1.29. The molecule has 0 amide bonds. The van der Waals surface area contributed by atoms with Gasteiger partial charge in [0.2, 0.25) is 6.10 Å². The number of carbonyl (C=O) groups is 3. The zero-order valence-electron chi connectivity index (χ0n) is 10.5. The van der Waals surface area contributed by atoms with Gasteiger partial charge in [-0.3, -0.25) is 0 Å². The summed E-state index contributed by atoms with van der Waals surface area (Å²) in [6, 6.07) is 5.72. The monoisotopic (exact) mass is 296 g/mol. The van der Waals surface area contributed by atoms with E-state index in [1.807, 2.05) is 0 Å². The molecule has 8 nitrogen and oxygen atoms in total. The summed E-state index contributed by atoms with van der Waals surface area (Å²) in [6.07, 6.45) is -2.43. The quantitative estimate of drug-likeness (QED) is 0.419. The van der Waals surface area contributed by atoms with Crippen LogP contribution < -0.4 is 0 Å². The van der Waals surface area contributed by atoms with Crippen LogP contribution in [0, 0.1) is 0 Å². The number of ether oxygens (including phenoxy) is 1. The molecule has 8 heteroatoms. The molecule has 0 saturated heterocycles. The summed E-state index contributed by atoms with van der Waals surface area (Å²) >= 11 is 0. The topological polar surface area (TPSA) is 141 Å². The van der Waals surface area contributed by atoms with Crippen LogP contribution in [0.25, 0.3) is 6.08 Å². The maximum absolute atomic E-state index is 11.4. The van der Waals surface area contributed by atoms with E-state index in [9.17, 15) is 14.4 Å². The first-order valence-corrected chi connectivity index (χ1v) is 5.62. The fraction of sp³-hybridized carbons (Fsp3) is 0.154. The van der Waals surface area contributed by atoms with Crippen molar-refractivity contribution >= 4 is 24.0 Å². The predicted octanol–water partition coefficient (Wildman–Crippen LogP) is -0.153. The maximum Gasteiger partial charge on any atom is 0.348 e. The van der Waals surface area contributed by atoms with E-state index in [1.54, 1.807) is 0 Å². The molecule has 4 N–H and O–H groups in total. The second-order valence-electron chi connectivity index (χ2n) is 3.90. The summed E-state index contributed by atoms with van der Waals surface area (Å²) in [4.78, 5) is 32.6. The number of rotatable bonds is 6. The van der Waals surface area contributed by atoms with Crippen molar-refractivity contribution in [1.82, 2.24) is 0 Å². The fourth-order valence-electron chi connectivity index (χ4n) is 1.29. The van der Waals surface area contributed by atoms with Crippen molar-refractivity contribution in [2.45, 2.75) is 12.2 Å². The first-order valence-electron chi connectivity index (χ1n) is 5.62. The van der Waals surface area contributed by atoms with Gasteiger partial charge in [0.25, 0.3) is 0 Å². The van der Waals surface area contributed by atoms with Crippen molar-refractivity contribution in [3.8, 4) is 5.75 Å². The Morgan fingerprint density at radius 3 is 2.10 bits per heavy atom. The Morgan fingerprint density at radius 2 is 1.62 bits per heavy atom. The number of aromatic hydroxyl groups is 1. The van der Waals surface area contributed by atoms with Gasteiger partial charge in [0.05, 0.1) is 0 Å². The van der Waals surface area contributed by atoms with Crippen molar-refractivity contribution < 1.29 is 39.5 Å². The van der Waals surface area contributed by atoms with Gasteiger partial charge in [-0.05, 0) is 23.8 Å². The number of aliphatic carboxylic acids is 2. The van der Waals surface area contributed by atoms with Gasteiger partial charge < -0.3 is 25.2 Å². The van der Waals surface area contributed by atoms with Crippen molar-refractivity contribution in [2.24, 2.45) is 0 Å². The van der Waals surface area contributed by atoms with Crippen LogP contribution in [0.5, 0.6) is 5.75 Å². The Labute approximate surface area is 118 Å². The Hall–Kier alpha value is -2.87. The van der Waals surface area contributed by atoms with Crippen LogP contribution in [0.3, 0.4) is 0 Å². The molecule has 0 spiro atoms. The van der Waals surface area contributed by atoms with Crippen molar-refractivity contribution in [1.29, 1.82) is 0 Å². The summed E-state index contributed by atoms with van der Waals surface area (Å²) in [5, 5.41) is 35.4. The molecule has 2 atom stereocenters. The van der Waals surface area contributed by atoms with E-state index in [-0.39, 0.29) is 5.75 Å². The number of aliphatic hydroxyl groups excluding tert-OH is 1. The number of esters is 1. The molecule has 1 rings (SSSR count). The predicted molar refractivity (Wildman–Crippen MR) is 68.3 cm³/mol. The van der Waals surface area contributed by atoms with E-state index < -0.39 is 30.1 Å². The Bertz CT molecular complexity index is 560. The van der Waals surface area contributed by atoms with E-state index in [0.717, 1.165) is 6.08 Å². The van der Waals surface area contributed by atoms with E-state index in [2.05, 4.69) is 4.74 Å². The average Bonchev–Trinajstić information content (AvgIpc) is 2.43. The van der Waals surface area contributed by atoms with Crippen LogP contribution in [0.2, 0.25) is 0 Å². The number of aliphatic hydroxyl groups is 1. The third-order valence-corrected chi connectivity index (χ3v) is 2.33. The molecule has 0 radical (unpaired) electrons. The number of carbonyl (C=O) groups excluding carboxylic acids is 1. The molecule has 0 heterocycles. The first-order chi connectivity index (χ1) is 9.81. The summed E-state index contributed by atoms with van der Waals surface area (Å²) in [7, 11) is 0. The largest absolute Gasteiger partial charge is 0.508 e. The molecule has 1 aromatic carbocycles. The number of hydrogen-bond donors (Lipinski definition) is 4. The SMILES string of the molecule is O=C(/C=C\c1ccc(O)cc1)O[C@H](C(=O)O)[C@@H](O)C(=O)O. The Balaban J connectivity index is 2.72. The smallest absolute Gasteiger partial charge is 0.348 e. The molecule has 0 bridgehead atoms. The Kier molecular flexibility index (Phi) is 5.44. The minimum Gasteiger partial charge on any atom is -0.508 e. The molecule has 112 valence electrons. The number of phenolic OH excluding ortho intramolecular Hbond substituents is 1.